The smallest absolute Gasteiger partial charge is 0.307 e. The molecule has 0 aromatic rings. The van der Waals surface area contributed by atoms with Gasteiger partial charge in [0, 0.05) is 19.6 Å². The Bertz CT molecular complexity index is 121. The summed E-state index contributed by atoms with van der Waals surface area (Å²) in [7, 11) is 0. The molecule has 0 aromatic heterocycles. The van der Waals surface area contributed by atoms with Crippen LogP contribution in [0.3, 0.4) is 0 Å². The van der Waals surface area contributed by atoms with Crippen molar-refractivity contribution in [3.05, 3.63) is 6.54 Å². The van der Waals surface area contributed by atoms with Crippen LogP contribution in [0.15, 0.2) is 0 Å². The Hall–Kier alpha value is -0.330. The molecule has 0 spiro atoms. The Kier molecular flexibility index (Phi) is 2.69. The molecule has 0 bridgehead atoms. The Morgan fingerprint density at radius 2 is 2.18 bits per heavy atom. The predicted octanol–water partition coefficient (Wildman–Crippen LogP) is 0.203. The number of nitrogens with one attached hydrogen (secondary N) is 2. The van der Waals surface area contributed by atoms with E-state index in [4.69, 9.17) is 0 Å². The second kappa shape index (κ2) is 3.38. The van der Waals surface area contributed by atoms with E-state index < -0.39 is 12.6 Å². The van der Waals surface area contributed by atoms with Crippen molar-refractivity contribution in [3.63, 3.8) is 0 Å². The summed E-state index contributed by atoms with van der Waals surface area (Å²) in [5, 5.41) is 5.16. The van der Waals surface area contributed by atoms with Crippen molar-refractivity contribution >= 4 is 0 Å². The van der Waals surface area contributed by atoms with Crippen LogP contribution < -0.4 is 10.6 Å². The van der Waals surface area contributed by atoms with Gasteiger partial charge in [0.15, 0.2) is 0 Å². The lowest BCUT2D eigenvalue weighted by molar-refractivity contribution is -0.346. The zero-order valence-electron chi connectivity index (χ0n) is 5.61. The maximum atomic E-state index is 11.5. The largest absolute Gasteiger partial charge is 0.524 e. The summed E-state index contributed by atoms with van der Waals surface area (Å²) in [5.74, 6) is 0. The van der Waals surface area contributed by atoms with E-state index in [1.165, 1.54) is 0 Å². The molecule has 6 heteroatoms. The third-order valence-electron chi connectivity index (χ3n) is 1.17. The molecule has 1 aliphatic rings. The lowest BCUT2D eigenvalue weighted by Crippen LogP contribution is -2.49. The summed E-state index contributed by atoms with van der Waals surface area (Å²) in [6, 6.07) is 0. The van der Waals surface area contributed by atoms with Crippen LogP contribution in [-0.2, 0) is 4.74 Å². The summed E-state index contributed by atoms with van der Waals surface area (Å²) in [6.07, 6.45) is -5.53. The molecule has 3 nitrogen and oxygen atoms in total. The Labute approximate surface area is 61.9 Å². The molecule has 11 heavy (non-hydrogen) atoms. The zero-order valence-corrected chi connectivity index (χ0v) is 5.61. The number of halogens is 3. The number of piperazine rings is 1. The quantitative estimate of drug-likeness (QED) is 0.588. The molecule has 1 unspecified atom stereocenters. The van der Waals surface area contributed by atoms with Gasteiger partial charge in [0.25, 0.3) is 0 Å². The highest BCUT2D eigenvalue weighted by molar-refractivity contribution is 4.76. The van der Waals surface area contributed by atoms with Crippen LogP contribution >= 0.6 is 0 Å². The molecular formula is C5H8F3N2O. The lowest BCUT2D eigenvalue weighted by Gasteiger charge is -2.24. The molecule has 1 radical (unpaired) electrons. The Morgan fingerprint density at radius 3 is 2.64 bits per heavy atom. The number of hydrogen-bond donors (Lipinski definition) is 2. The predicted molar refractivity (Wildman–Crippen MR) is 31.2 cm³/mol. The van der Waals surface area contributed by atoms with Crippen LogP contribution in [0.25, 0.3) is 0 Å². The monoisotopic (exact) mass is 169 g/mol. The fourth-order valence-electron chi connectivity index (χ4n) is 0.770. The molecule has 1 saturated heterocycles. The van der Waals surface area contributed by atoms with Crippen LogP contribution in [0.2, 0.25) is 0 Å². The van der Waals surface area contributed by atoms with Gasteiger partial charge in [-0.05, 0) is 0 Å². The van der Waals surface area contributed by atoms with E-state index in [1.807, 2.05) is 0 Å². The average Bonchev–Trinajstić information content (AvgIpc) is 1.85. The van der Waals surface area contributed by atoms with E-state index in [0.29, 0.717) is 6.54 Å². The number of alkyl halides is 3. The van der Waals surface area contributed by atoms with E-state index >= 15 is 0 Å². The van der Waals surface area contributed by atoms with E-state index in [2.05, 4.69) is 15.4 Å². The molecular weight excluding hydrogens is 161 g/mol. The summed E-state index contributed by atoms with van der Waals surface area (Å²) in [6.45, 7) is 2.15. The van der Waals surface area contributed by atoms with Crippen LogP contribution in [0.4, 0.5) is 13.2 Å². The maximum Gasteiger partial charge on any atom is 0.524 e. The third kappa shape index (κ3) is 3.54. The fraction of sp³-hybridized carbons (Fsp3) is 0.800. The van der Waals surface area contributed by atoms with Gasteiger partial charge in [-0.2, -0.15) is 0 Å². The fourth-order valence-corrected chi connectivity index (χ4v) is 0.770. The highest BCUT2D eigenvalue weighted by Crippen LogP contribution is 2.18. The molecule has 1 heterocycles. The Balaban J connectivity index is 2.24. The Morgan fingerprint density at radius 1 is 1.45 bits per heavy atom. The second-order valence-corrected chi connectivity index (χ2v) is 2.07. The summed E-state index contributed by atoms with van der Waals surface area (Å²) in [5.41, 5.74) is 0. The normalized spacial score (nSPS) is 27.0. The second-order valence-electron chi connectivity index (χ2n) is 2.07. The zero-order chi connectivity index (χ0) is 8.32. The van der Waals surface area contributed by atoms with Crippen LogP contribution in [0.1, 0.15) is 0 Å². The molecule has 1 rings (SSSR count). The summed E-state index contributed by atoms with van der Waals surface area (Å²) in [4.78, 5) is 0. The average molecular weight is 169 g/mol. The highest BCUT2D eigenvalue weighted by Gasteiger charge is 2.33. The van der Waals surface area contributed by atoms with E-state index in [-0.39, 0.29) is 6.54 Å². The van der Waals surface area contributed by atoms with Crippen molar-refractivity contribution in [3.8, 4) is 0 Å². The van der Waals surface area contributed by atoms with Crippen molar-refractivity contribution in [2.45, 2.75) is 12.6 Å². The van der Waals surface area contributed by atoms with Gasteiger partial charge < -0.3 is 5.32 Å². The van der Waals surface area contributed by atoms with E-state index in [0.717, 1.165) is 0 Å². The number of ether oxygens (including phenoxy) is 1. The highest BCUT2D eigenvalue weighted by atomic mass is 19.4. The van der Waals surface area contributed by atoms with Crippen LogP contribution in [0, 0.1) is 6.54 Å². The minimum atomic E-state index is -4.56. The molecule has 1 atom stereocenters. The van der Waals surface area contributed by atoms with Crippen molar-refractivity contribution in [1.82, 2.24) is 10.6 Å². The molecule has 0 aromatic carbocycles. The molecule has 65 valence electrons. The molecule has 0 saturated carbocycles. The number of hydrogen-bond acceptors (Lipinski definition) is 3. The van der Waals surface area contributed by atoms with Crippen molar-refractivity contribution in [1.29, 1.82) is 0 Å². The maximum absolute atomic E-state index is 11.5. The van der Waals surface area contributed by atoms with Gasteiger partial charge in [0.2, 0.25) is 0 Å². The molecule has 2 N–H and O–H groups in total. The first-order valence-corrected chi connectivity index (χ1v) is 3.11. The molecule has 0 aliphatic carbocycles. The van der Waals surface area contributed by atoms with Crippen molar-refractivity contribution in [2.24, 2.45) is 0 Å². The lowest BCUT2D eigenvalue weighted by atomic mass is 10.4. The first-order chi connectivity index (χ1) is 5.08. The van der Waals surface area contributed by atoms with Crippen LogP contribution in [-0.4, -0.2) is 25.7 Å². The van der Waals surface area contributed by atoms with Gasteiger partial charge in [0.1, 0.15) is 6.23 Å². The molecule has 0 amide bonds. The summed E-state index contributed by atoms with van der Waals surface area (Å²) < 4.78 is 38.3. The van der Waals surface area contributed by atoms with E-state index in [9.17, 15) is 13.2 Å². The van der Waals surface area contributed by atoms with Crippen molar-refractivity contribution in [2.75, 3.05) is 13.1 Å². The molecule has 1 aliphatic heterocycles. The van der Waals surface area contributed by atoms with Crippen LogP contribution in [0.5, 0.6) is 0 Å². The third-order valence-corrected chi connectivity index (χ3v) is 1.17. The van der Waals surface area contributed by atoms with Gasteiger partial charge >= 0.3 is 6.36 Å². The first kappa shape index (κ1) is 8.76. The van der Waals surface area contributed by atoms with Crippen molar-refractivity contribution < 1.29 is 17.9 Å². The number of rotatable bonds is 1. The van der Waals surface area contributed by atoms with Gasteiger partial charge in [0.05, 0.1) is 0 Å². The summed E-state index contributed by atoms with van der Waals surface area (Å²) >= 11 is 0. The van der Waals surface area contributed by atoms with Gasteiger partial charge in [-0.3, -0.25) is 10.1 Å². The van der Waals surface area contributed by atoms with Gasteiger partial charge in [-0.15, -0.1) is 13.2 Å². The minimum absolute atomic E-state index is 0.138. The SMILES string of the molecule is FC(F)(F)OC1CN[CH]CN1. The first-order valence-electron chi connectivity index (χ1n) is 3.11. The molecule has 1 fully saturated rings. The topological polar surface area (TPSA) is 33.3 Å². The standard InChI is InChI=1S/C5H8F3N2O/c6-5(7,8)11-4-3-9-1-2-10-4/h1,4,9-10H,2-3H2. The minimum Gasteiger partial charge on any atom is -0.307 e. The van der Waals surface area contributed by atoms with Gasteiger partial charge in [-0.25, -0.2) is 0 Å². The van der Waals surface area contributed by atoms with Gasteiger partial charge in [-0.1, -0.05) is 0 Å². The van der Waals surface area contributed by atoms with E-state index in [1.54, 1.807) is 6.54 Å².